The maximum absolute atomic E-state index is 5.60. The zero-order valence-corrected chi connectivity index (χ0v) is 12.6. The van der Waals surface area contributed by atoms with Crippen LogP contribution in [0, 0.1) is 0 Å². The van der Waals surface area contributed by atoms with Crippen LogP contribution in [0.2, 0.25) is 0 Å². The Morgan fingerprint density at radius 2 is 1.94 bits per heavy atom. The van der Waals surface area contributed by atoms with Gasteiger partial charge in [-0.25, -0.2) is 0 Å². The molecule has 0 bridgehead atoms. The summed E-state index contributed by atoms with van der Waals surface area (Å²) in [6.45, 7) is 6.48. The van der Waals surface area contributed by atoms with Gasteiger partial charge >= 0.3 is 0 Å². The fraction of sp³-hybridized carbons (Fsp3) is 0.571. The number of unbranched alkanes of at least 4 members (excludes halogenated alkanes) is 1. The molecule has 0 fully saturated rings. The quantitative estimate of drug-likeness (QED) is 0.672. The summed E-state index contributed by atoms with van der Waals surface area (Å²) in [5, 5.41) is 2.30. The van der Waals surface area contributed by atoms with Crippen LogP contribution in [0.1, 0.15) is 19.8 Å². The van der Waals surface area contributed by atoms with Gasteiger partial charge in [-0.2, -0.15) is 0 Å². The molecule has 0 unspecified atom stereocenters. The summed E-state index contributed by atoms with van der Waals surface area (Å²) in [6, 6.07) is 7.85. The molecule has 4 heteroatoms. The van der Waals surface area contributed by atoms with Crippen molar-refractivity contribution >= 4 is 15.9 Å². The third-order valence-corrected chi connectivity index (χ3v) is 3.21. The Labute approximate surface area is 118 Å². The Balaban J connectivity index is 1.94. The molecular weight excluding hydrogens is 294 g/mol. The Kier molecular flexibility index (Phi) is 8.90. The summed E-state index contributed by atoms with van der Waals surface area (Å²) < 4.78 is 12.1. The van der Waals surface area contributed by atoms with Crippen molar-refractivity contribution in [3.63, 3.8) is 0 Å². The average Bonchev–Trinajstić information content (AvgIpc) is 2.39. The SMILES string of the molecule is CCCC[NH2+]CCOCCOc1ccccc1Br. The second kappa shape index (κ2) is 10.4. The maximum atomic E-state index is 5.60. The van der Waals surface area contributed by atoms with E-state index in [0.29, 0.717) is 13.2 Å². The summed E-state index contributed by atoms with van der Waals surface area (Å²) in [7, 11) is 0. The molecule has 0 aliphatic carbocycles. The van der Waals surface area contributed by atoms with E-state index in [1.807, 2.05) is 24.3 Å². The van der Waals surface area contributed by atoms with E-state index in [9.17, 15) is 0 Å². The standard InChI is InChI=1S/C14H22BrNO2/c1-2-3-8-16-9-10-17-11-12-18-14-7-5-4-6-13(14)15/h4-7,16H,2-3,8-12H2,1H3/p+1. The molecule has 1 aromatic carbocycles. The molecule has 0 saturated carbocycles. The summed E-state index contributed by atoms with van der Waals surface area (Å²) in [6.07, 6.45) is 2.54. The number of halogens is 1. The molecule has 0 aliphatic rings. The van der Waals surface area contributed by atoms with Gasteiger partial charge in [0.25, 0.3) is 0 Å². The molecule has 0 amide bonds. The number of para-hydroxylation sites is 1. The van der Waals surface area contributed by atoms with Crippen LogP contribution in [-0.4, -0.2) is 32.9 Å². The van der Waals surface area contributed by atoms with Crippen molar-refractivity contribution in [2.45, 2.75) is 19.8 Å². The van der Waals surface area contributed by atoms with Crippen LogP contribution in [0.3, 0.4) is 0 Å². The van der Waals surface area contributed by atoms with E-state index < -0.39 is 0 Å². The predicted molar refractivity (Wildman–Crippen MR) is 77.0 cm³/mol. The molecule has 0 radical (unpaired) electrons. The Morgan fingerprint density at radius 3 is 2.72 bits per heavy atom. The zero-order chi connectivity index (χ0) is 13.1. The third kappa shape index (κ3) is 6.99. The second-order valence-electron chi connectivity index (χ2n) is 4.11. The molecule has 0 saturated heterocycles. The van der Waals surface area contributed by atoms with Crippen molar-refractivity contribution in [3.05, 3.63) is 28.7 Å². The lowest BCUT2D eigenvalue weighted by Gasteiger charge is -2.08. The van der Waals surface area contributed by atoms with Crippen molar-refractivity contribution in [3.8, 4) is 5.75 Å². The van der Waals surface area contributed by atoms with Gasteiger partial charge in [0.15, 0.2) is 0 Å². The molecule has 0 aliphatic heterocycles. The van der Waals surface area contributed by atoms with Gasteiger partial charge in [-0.1, -0.05) is 25.5 Å². The monoisotopic (exact) mass is 316 g/mol. The summed E-state index contributed by atoms with van der Waals surface area (Å²) in [5.74, 6) is 0.871. The molecule has 3 nitrogen and oxygen atoms in total. The predicted octanol–water partition coefficient (Wildman–Crippen LogP) is 2.21. The average molecular weight is 317 g/mol. The van der Waals surface area contributed by atoms with Crippen LogP contribution in [0.4, 0.5) is 0 Å². The molecule has 1 aromatic rings. The highest BCUT2D eigenvalue weighted by Crippen LogP contribution is 2.23. The molecule has 102 valence electrons. The summed E-state index contributed by atoms with van der Waals surface area (Å²) in [4.78, 5) is 0. The Bertz CT molecular complexity index is 320. The van der Waals surface area contributed by atoms with Crippen molar-refractivity contribution in [2.24, 2.45) is 0 Å². The van der Waals surface area contributed by atoms with Crippen LogP contribution in [0.15, 0.2) is 28.7 Å². The first kappa shape index (κ1) is 15.5. The van der Waals surface area contributed by atoms with E-state index in [0.717, 1.165) is 23.4 Å². The molecular formula is C14H23BrNO2+. The van der Waals surface area contributed by atoms with Gasteiger partial charge in [0.2, 0.25) is 0 Å². The number of ether oxygens (including phenoxy) is 2. The van der Waals surface area contributed by atoms with E-state index in [1.165, 1.54) is 19.4 Å². The molecule has 18 heavy (non-hydrogen) atoms. The van der Waals surface area contributed by atoms with Crippen LogP contribution < -0.4 is 10.1 Å². The molecule has 0 atom stereocenters. The minimum absolute atomic E-state index is 0.595. The van der Waals surface area contributed by atoms with E-state index in [1.54, 1.807) is 0 Å². The first-order valence-electron chi connectivity index (χ1n) is 6.61. The van der Waals surface area contributed by atoms with Gasteiger partial charge in [0.1, 0.15) is 12.4 Å². The van der Waals surface area contributed by atoms with Crippen molar-refractivity contribution in [1.82, 2.24) is 0 Å². The number of benzene rings is 1. The Morgan fingerprint density at radius 1 is 1.11 bits per heavy atom. The van der Waals surface area contributed by atoms with Crippen molar-refractivity contribution in [2.75, 3.05) is 32.9 Å². The maximum Gasteiger partial charge on any atom is 0.133 e. The third-order valence-electron chi connectivity index (χ3n) is 2.55. The van der Waals surface area contributed by atoms with E-state index in [4.69, 9.17) is 9.47 Å². The lowest BCUT2D eigenvalue weighted by atomic mass is 10.3. The molecule has 0 aromatic heterocycles. The van der Waals surface area contributed by atoms with Crippen LogP contribution in [0.25, 0.3) is 0 Å². The first-order valence-corrected chi connectivity index (χ1v) is 7.40. The van der Waals surface area contributed by atoms with Crippen molar-refractivity contribution < 1.29 is 14.8 Å². The van der Waals surface area contributed by atoms with E-state index in [-0.39, 0.29) is 0 Å². The molecule has 2 N–H and O–H groups in total. The highest BCUT2D eigenvalue weighted by atomic mass is 79.9. The van der Waals surface area contributed by atoms with Gasteiger partial charge in [-0.3, -0.25) is 0 Å². The minimum Gasteiger partial charge on any atom is -0.490 e. The lowest BCUT2D eigenvalue weighted by molar-refractivity contribution is -0.656. The van der Waals surface area contributed by atoms with Gasteiger partial charge in [-0.05, 0) is 34.5 Å². The van der Waals surface area contributed by atoms with E-state index in [2.05, 4.69) is 28.2 Å². The number of rotatable bonds is 10. The van der Waals surface area contributed by atoms with Crippen molar-refractivity contribution in [1.29, 1.82) is 0 Å². The second-order valence-corrected chi connectivity index (χ2v) is 4.97. The highest BCUT2D eigenvalue weighted by Gasteiger charge is 1.98. The largest absolute Gasteiger partial charge is 0.490 e. The van der Waals surface area contributed by atoms with Gasteiger partial charge in [-0.15, -0.1) is 0 Å². The molecule has 1 rings (SSSR count). The number of quaternary nitrogens is 1. The lowest BCUT2D eigenvalue weighted by Crippen LogP contribution is -2.85. The van der Waals surface area contributed by atoms with E-state index >= 15 is 0 Å². The smallest absolute Gasteiger partial charge is 0.133 e. The fourth-order valence-electron chi connectivity index (χ4n) is 1.53. The first-order chi connectivity index (χ1) is 8.84. The number of nitrogens with two attached hydrogens (primary N) is 1. The number of hydrogen-bond donors (Lipinski definition) is 1. The normalized spacial score (nSPS) is 10.6. The summed E-state index contributed by atoms with van der Waals surface area (Å²) >= 11 is 3.44. The van der Waals surface area contributed by atoms with Crippen LogP contribution >= 0.6 is 15.9 Å². The van der Waals surface area contributed by atoms with Crippen LogP contribution in [0.5, 0.6) is 5.75 Å². The van der Waals surface area contributed by atoms with Crippen LogP contribution in [-0.2, 0) is 4.74 Å². The fourth-order valence-corrected chi connectivity index (χ4v) is 1.93. The zero-order valence-electron chi connectivity index (χ0n) is 11.0. The van der Waals surface area contributed by atoms with Gasteiger partial charge in [0.05, 0.1) is 30.8 Å². The van der Waals surface area contributed by atoms with Gasteiger partial charge < -0.3 is 14.8 Å². The molecule has 0 spiro atoms. The van der Waals surface area contributed by atoms with Gasteiger partial charge in [0, 0.05) is 0 Å². The molecule has 0 heterocycles. The number of hydrogen-bond acceptors (Lipinski definition) is 2. The Hall–Kier alpha value is -0.580. The topological polar surface area (TPSA) is 35.1 Å². The minimum atomic E-state index is 0.595. The summed E-state index contributed by atoms with van der Waals surface area (Å²) in [5.41, 5.74) is 0. The highest BCUT2D eigenvalue weighted by molar-refractivity contribution is 9.10.